The molecule has 1 aliphatic rings. The zero-order chi connectivity index (χ0) is 16.3. The van der Waals surface area contributed by atoms with Crippen LogP contribution in [0.5, 0.6) is 0 Å². The van der Waals surface area contributed by atoms with E-state index in [0.29, 0.717) is 11.6 Å². The summed E-state index contributed by atoms with van der Waals surface area (Å²) in [5.41, 5.74) is 0.496. The average Bonchev–Trinajstić information content (AvgIpc) is 2.71. The van der Waals surface area contributed by atoms with Crippen LogP contribution in [0.1, 0.15) is 29.6 Å². The molecule has 1 atom stereocenters. The zero-order valence-electron chi connectivity index (χ0n) is 13.0. The van der Waals surface area contributed by atoms with Crippen molar-refractivity contribution in [2.45, 2.75) is 30.2 Å². The highest BCUT2D eigenvalue weighted by molar-refractivity contribution is 7.89. The summed E-state index contributed by atoms with van der Waals surface area (Å²) >= 11 is 0. The van der Waals surface area contributed by atoms with Crippen LogP contribution in [0.4, 0.5) is 0 Å². The largest absolute Gasteiger partial charge is 0.339 e. The van der Waals surface area contributed by atoms with Gasteiger partial charge in [0.1, 0.15) is 0 Å². The molecule has 0 unspecified atom stereocenters. The van der Waals surface area contributed by atoms with E-state index in [1.54, 1.807) is 0 Å². The van der Waals surface area contributed by atoms with Gasteiger partial charge in [-0.25, -0.2) is 13.6 Å². The Morgan fingerprint density at radius 3 is 2.36 bits per heavy atom. The fourth-order valence-electron chi connectivity index (χ4n) is 2.77. The maximum atomic E-state index is 12.5. The number of carbonyl (C=O) groups excluding carboxylic acids is 1. The van der Waals surface area contributed by atoms with Crippen LogP contribution in [-0.4, -0.2) is 57.4 Å². The van der Waals surface area contributed by atoms with E-state index in [1.165, 1.54) is 24.3 Å². The molecule has 2 rings (SSSR count). The predicted octanol–water partition coefficient (Wildman–Crippen LogP) is 0.890. The zero-order valence-corrected chi connectivity index (χ0v) is 13.8. The Hall–Kier alpha value is -1.44. The lowest BCUT2D eigenvalue weighted by molar-refractivity contribution is 0.0758. The Balaban J connectivity index is 2.08. The van der Waals surface area contributed by atoms with Crippen molar-refractivity contribution >= 4 is 15.9 Å². The molecule has 1 amide bonds. The van der Waals surface area contributed by atoms with Gasteiger partial charge in [0, 0.05) is 24.7 Å². The molecule has 0 radical (unpaired) electrons. The van der Waals surface area contributed by atoms with Gasteiger partial charge < -0.3 is 9.80 Å². The molecule has 0 saturated carbocycles. The van der Waals surface area contributed by atoms with Crippen LogP contribution in [0.15, 0.2) is 29.2 Å². The van der Waals surface area contributed by atoms with Crippen molar-refractivity contribution in [2.24, 2.45) is 5.14 Å². The third-order valence-electron chi connectivity index (χ3n) is 4.14. The number of nitrogens with zero attached hydrogens (tertiary/aromatic N) is 2. The summed E-state index contributed by atoms with van der Waals surface area (Å²) in [7, 11) is 0.404. The van der Waals surface area contributed by atoms with Crippen LogP contribution in [0.3, 0.4) is 0 Å². The Bertz CT molecular complexity index is 626. The lowest BCUT2D eigenvalue weighted by atomic mass is 10.1. The number of carbonyl (C=O) groups is 1. The Morgan fingerprint density at radius 1 is 1.18 bits per heavy atom. The molecule has 0 aliphatic carbocycles. The lowest BCUT2D eigenvalue weighted by Crippen LogP contribution is -2.33. The standard InChI is InChI=1S/C15H23N3O3S/c1-17(2)13-4-3-10-18(11-9-13)15(19)12-5-7-14(8-6-12)22(16,20)21/h5-8,13H,3-4,9-11H2,1-2H3,(H2,16,20,21)/t13-/m0/s1. The van der Waals surface area contributed by atoms with Gasteiger partial charge in [0.15, 0.2) is 0 Å². The maximum absolute atomic E-state index is 12.5. The first-order valence-electron chi connectivity index (χ1n) is 7.37. The summed E-state index contributed by atoms with van der Waals surface area (Å²) in [6, 6.07) is 6.31. The summed E-state index contributed by atoms with van der Waals surface area (Å²) < 4.78 is 22.5. The highest BCUT2D eigenvalue weighted by Crippen LogP contribution is 2.17. The van der Waals surface area contributed by atoms with Gasteiger partial charge in [-0.15, -0.1) is 0 Å². The molecule has 1 saturated heterocycles. The Kier molecular flexibility index (Phi) is 5.20. The molecule has 6 nitrogen and oxygen atoms in total. The minimum Gasteiger partial charge on any atom is -0.339 e. The normalized spacial score (nSPS) is 20.0. The van der Waals surface area contributed by atoms with Gasteiger partial charge in [0.25, 0.3) is 5.91 Å². The molecule has 122 valence electrons. The van der Waals surface area contributed by atoms with Crippen molar-refractivity contribution in [3.8, 4) is 0 Å². The van der Waals surface area contributed by atoms with E-state index < -0.39 is 10.0 Å². The summed E-state index contributed by atoms with van der Waals surface area (Å²) in [5, 5.41) is 5.06. The number of amides is 1. The second-order valence-electron chi connectivity index (χ2n) is 5.91. The van der Waals surface area contributed by atoms with Crippen molar-refractivity contribution in [3.63, 3.8) is 0 Å². The van der Waals surface area contributed by atoms with Crippen LogP contribution in [0.2, 0.25) is 0 Å². The van der Waals surface area contributed by atoms with Gasteiger partial charge in [-0.2, -0.15) is 0 Å². The van der Waals surface area contributed by atoms with E-state index in [1.807, 2.05) is 4.90 Å². The minimum atomic E-state index is -3.72. The van der Waals surface area contributed by atoms with Gasteiger partial charge in [-0.3, -0.25) is 4.79 Å². The van der Waals surface area contributed by atoms with Gasteiger partial charge in [0.2, 0.25) is 10.0 Å². The Labute approximate surface area is 131 Å². The van der Waals surface area contributed by atoms with Crippen LogP contribution in [-0.2, 0) is 10.0 Å². The molecule has 1 heterocycles. The number of rotatable bonds is 3. The summed E-state index contributed by atoms with van der Waals surface area (Å²) in [5.74, 6) is -0.0552. The van der Waals surface area contributed by atoms with Crippen LogP contribution in [0, 0.1) is 0 Å². The van der Waals surface area contributed by atoms with E-state index in [2.05, 4.69) is 19.0 Å². The van der Waals surface area contributed by atoms with Gasteiger partial charge in [-0.05, 0) is 57.6 Å². The first kappa shape index (κ1) is 16.9. The van der Waals surface area contributed by atoms with Crippen molar-refractivity contribution in [2.75, 3.05) is 27.2 Å². The molecule has 1 fully saturated rings. The molecular weight excluding hydrogens is 302 g/mol. The lowest BCUT2D eigenvalue weighted by Gasteiger charge is -2.23. The van der Waals surface area contributed by atoms with E-state index in [0.717, 1.165) is 32.4 Å². The second kappa shape index (κ2) is 6.76. The molecule has 1 aliphatic heterocycles. The molecule has 1 aromatic rings. The van der Waals surface area contributed by atoms with Gasteiger partial charge in [0.05, 0.1) is 4.90 Å². The summed E-state index contributed by atoms with van der Waals surface area (Å²) in [6.45, 7) is 1.46. The van der Waals surface area contributed by atoms with Gasteiger partial charge >= 0.3 is 0 Å². The third-order valence-corrected chi connectivity index (χ3v) is 5.07. The SMILES string of the molecule is CN(C)[C@H]1CCCN(C(=O)c2ccc(S(N)(=O)=O)cc2)CC1. The number of sulfonamides is 1. The number of nitrogens with two attached hydrogens (primary N) is 1. The van der Waals surface area contributed by atoms with Crippen molar-refractivity contribution < 1.29 is 13.2 Å². The first-order valence-corrected chi connectivity index (χ1v) is 8.92. The second-order valence-corrected chi connectivity index (χ2v) is 7.47. The first-order chi connectivity index (χ1) is 10.3. The molecular formula is C15H23N3O3S. The monoisotopic (exact) mass is 325 g/mol. The third kappa shape index (κ3) is 4.06. The van der Waals surface area contributed by atoms with E-state index in [9.17, 15) is 13.2 Å². The molecule has 2 N–H and O–H groups in total. The minimum absolute atomic E-state index is 0.0209. The van der Waals surface area contributed by atoms with Crippen molar-refractivity contribution in [1.82, 2.24) is 9.80 Å². The molecule has 1 aromatic carbocycles. The molecule has 0 bridgehead atoms. The number of hydrogen-bond donors (Lipinski definition) is 1. The number of benzene rings is 1. The number of hydrogen-bond acceptors (Lipinski definition) is 4. The average molecular weight is 325 g/mol. The molecule has 0 aromatic heterocycles. The topological polar surface area (TPSA) is 83.7 Å². The highest BCUT2D eigenvalue weighted by atomic mass is 32.2. The number of primary sulfonamides is 1. The van der Waals surface area contributed by atoms with Gasteiger partial charge in [-0.1, -0.05) is 0 Å². The summed E-state index contributed by atoms with van der Waals surface area (Å²) in [6.07, 6.45) is 3.01. The van der Waals surface area contributed by atoms with E-state index in [4.69, 9.17) is 5.14 Å². The fourth-order valence-corrected chi connectivity index (χ4v) is 3.28. The fraction of sp³-hybridized carbons (Fsp3) is 0.533. The summed E-state index contributed by atoms with van der Waals surface area (Å²) in [4.78, 5) is 16.6. The Morgan fingerprint density at radius 2 is 1.82 bits per heavy atom. The molecule has 22 heavy (non-hydrogen) atoms. The molecule has 7 heteroatoms. The predicted molar refractivity (Wildman–Crippen MR) is 85.0 cm³/mol. The van der Waals surface area contributed by atoms with Crippen LogP contribution in [0.25, 0.3) is 0 Å². The molecule has 0 spiro atoms. The smallest absolute Gasteiger partial charge is 0.253 e. The van der Waals surface area contributed by atoms with Crippen LogP contribution >= 0.6 is 0 Å². The quantitative estimate of drug-likeness (QED) is 0.894. The van der Waals surface area contributed by atoms with Crippen molar-refractivity contribution in [3.05, 3.63) is 29.8 Å². The maximum Gasteiger partial charge on any atom is 0.253 e. The van der Waals surface area contributed by atoms with E-state index in [-0.39, 0.29) is 10.8 Å². The number of likely N-dealkylation sites (tertiary alicyclic amines) is 1. The highest BCUT2D eigenvalue weighted by Gasteiger charge is 2.22. The van der Waals surface area contributed by atoms with Crippen LogP contribution < -0.4 is 5.14 Å². The van der Waals surface area contributed by atoms with Crippen molar-refractivity contribution in [1.29, 1.82) is 0 Å². The van der Waals surface area contributed by atoms with E-state index >= 15 is 0 Å².